The van der Waals surface area contributed by atoms with Gasteiger partial charge in [0.15, 0.2) is 0 Å². The van der Waals surface area contributed by atoms with E-state index in [4.69, 9.17) is 0 Å². The standard InChI is InChI=1S/C21H29N3O/c1-17-18(2)22-16-23-20(17)24-13-7-12-21(14-24,15-25)11-6-10-19-8-4-3-5-9-19/h3-5,8-9,16,25H,6-7,10-15H2,1-2H3/t21-/m0/s1. The van der Waals surface area contributed by atoms with Gasteiger partial charge in [0, 0.05) is 29.8 Å². The number of aliphatic hydroxyl groups excluding tert-OH is 1. The largest absolute Gasteiger partial charge is 0.396 e. The maximum Gasteiger partial charge on any atom is 0.135 e. The molecule has 0 amide bonds. The molecule has 25 heavy (non-hydrogen) atoms. The Balaban J connectivity index is 1.67. The smallest absolute Gasteiger partial charge is 0.135 e. The first-order valence-corrected chi connectivity index (χ1v) is 9.31. The fraction of sp³-hybridized carbons (Fsp3) is 0.524. The van der Waals surface area contributed by atoms with E-state index in [0.29, 0.717) is 0 Å². The normalized spacial score (nSPS) is 20.7. The summed E-state index contributed by atoms with van der Waals surface area (Å²) in [4.78, 5) is 11.2. The van der Waals surface area contributed by atoms with Crippen molar-refractivity contribution in [2.75, 3.05) is 24.6 Å². The Morgan fingerprint density at radius 1 is 1.16 bits per heavy atom. The molecule has 0 aliphatic carbocycles. The molecule has 0 spiro atoms. The van der Waals surface area contributed by atoms with Crippen molar-refractivity contribution in [1.29, 1.82) is 0 Å². The number of nitrogens with zero attached hydrogens (tertiary/aromatic N) is 3. The number of piperidine rings is 1. The first-order chi connectivity index (χ1) is 12.1. The predicted octanol–water partition coefficient (Wildman–Crippen LogP) is 3.70. The lowest BCUT2D eigenvalue weighted by atomic mass is 9.76. The molecule has 1 aliphatic heterocycles. The lowest BCUT2D eigenvalue weighted by molar-refractivity contribution is 0.0938. The van der Waals surface area contributed by atoms with Crippen LogP contribution >= 0.6 is 0 Å². The third kappa shape index (κ3) is 4.18. The molecule has 0 bridgehead atoms. The Labute approximate surface area is 150 Å². The zero-order valence-corrected chi connectivity index (χ0v) is 15.4. The third-order valence-electron chi connectivity index (χ3n) is 5.62. The van der Waals surface area contributed by atoms with Crippen LogP contribution in [0.1, 0.15) is 42.5 Å². The van der Waals surface area contributed by atoms with Crippen LogP contribution in [-0.2, 0) is 6.42 Å². The highest BCUT2D eigenvalue weighted by molar-refractivity contribution is 5.48. The highest BCUT2D eigenvalue weighted by atomic mass is 16.3. The first kappa shape index (κ1) is 17.9. The Hall–Kier alpha value is -1.94. The average Bonchev–Trinajstić information content (AvgIpc) is 2.65. The van der Waals surface area contributed by atoms with Gasteiger partial charge < -0.3 is 10.0 Å². The van der Waals surface area contributed by atoms with E-state index in [1.807, 2.05) is 6.92 Å². The molecule has 0 unspecified atom stereocenters. The van der Waals surface area contributed by atoms with Crippen molar-refractivity contribution < 1.29 is 5.11 Å². The van der Waals surface area contributed by atoms with Crippen LogP contribution in [0.5, 0.6) is 0 Å². The summed E-state index contributed by atoms with van der Waals surface area (Å²) >= 11 is 0. The van der Waals surface area contributed by atoms with E-state index >= 15 is 0 Å². The van der Waals surface area contributed by atoms with Gasteiger partial charge in [-0.2, -0.15) is 0 Å². The van der Waals surface area contributed by atoms with Crippen LogP contribution in [0.15, 0.2) is 36.7 Å². The predicted molar refractivity (Wildman–Crippen MR) is 102 cm³/mol. The van der Waals surface area contributed by atoms with Gasteiger partial charge in [-0.05, 0) is 51.5 Å². The summed E-state index contributed by atoms with van der Waals surface area (Å²) < 4.78 is 0. The van der Waals surface area contributed by atoms with Gasteiger partial charge in [0.05, 0.1) is 6.61 Å². The second kappa shape index (κ2) is 7.96. The van der Waals surface area contributed by atoms with E-state index < -0.39 is 0 Å². The Morgan fingerprint density at radius 3 is 2.72 bits per heavy atom. The Bertz CT molecular complexity index is 689. The van der Waals surface area contributed by atoms with Gasteiger partial charge in [-0.15, -0.1) is 0 Å². The number of aromatic nitrogens is 2. The van der Waals surface area contributed by atoms with Crippen LogP contribution < -0.4 is 4.90 Å². The van der Waals surface area contributed by atoms with E-state index in [2.05, 4.69) is 52.1 Å². The minimum atomic E-state index is -0.0156. The highest BCUT2D eigenvalue weighted by Gasteiger charge is 2.35. The summed E-state index contributed by atoms with van der Waals surface area (Å²) in [5, 5.41) is 10.2. The first-order valence-electron chi connectivity index (χ1n) is 9.31. The van der Waals surface area contributed by atoms with Crippen molar-refractivity contribution in [3.8, 4) is 0 Å². The monoisotopic (exact) mass is 339 g/mol. The molecule has 4 heteroatoms. The van der Waals surface area contributed by atoms with Crippen LogP contribution in [0, 0.1) is 19.3 Å². The maximum absolute atomic E-state index is 10.2. The number of aliphatic hydroxyl groups is 1. The van der Waals surface area contributed by atoms with Crippen LogP contribution in [0.4, 0.5) is 5.82 Å². The van der Waals surface area contributed by atoms with Crippen molar-refractivity contribution in [2.45, 2.75) is 46.0 Å². The van der Waals surface area contributed by atoms with Crippen LogP contribution in [0.3, 0.4) is 0 Å². The van der Waals surface area contributed by atoms with E-state index in [-0.39, 0.29) is 12.0 Å². The molecule has 1 fully saturated rings. The molecule has 1 N–H and O–H groups in total. The molecular weight excluding hydrogens is 310 g/mol. The van der Waals surface area contributed by atoms with Gasteiger partial charge in [-0.25, -0.2) is 9.97 Å². The van der Waals surface area contributed by atoms with Crippen molar-refractivity contribution >= 4 is 5.82 Å². The van der Waals surface area contributed by atoms with Crippen LogP contribution in [0.2, 0.25) is 0 Å². The number of benzene rings is 1. The number of anilines is 1. The zero-order valence-electron chi connectivity index (χ0n) is 15.4. The summed E-state index contributed by atoms with van der Waals surface area (Å²) in [6.45, 7) is 6.27. The SMILES string of the molecule is Cc1ncnc(N2CCC[C@@](CO)(CCCc3ccccc3)C2)c1C. The summed E-state index contributed by atoms with van der Waals surface area (Å²) in [6, 6.07) is 10.6. The quantitative estimate of drug-likeness (QED) is 0.872. The molecule has 1 aromatic carbocycles. The maximum atomic E-state index is 10.2. The van der Waals surface area contributed by atoms with Crippen LogP contribution in [-0.4, -0.2) is 34.8 Å². The molecule has 2 aromatic rings. The molecule has 1 atom stereocenters. The number of hydrogen-bond donors (Lipinski definition) is 1. The molecule has 0 saturated carbocycles. The molecule has 3 rings (SSSR count). The molecule has 0 radical (unpaired) electrons. The number of rotatable bonds is 6. The molecule has 2 heterocycles. The van der Waals surface area contributed by atoms with Gasteiger partial charge in [0.2, 0.25) is 0 Å². The molecular formula is C21H29N3O. The van der Waals surface area contributed by atoms with E-state index in [9.17, 15) is 5.11 Å². The molecule has 1 aromatic heterocycles. The van der Waals surface area contributed by atoms with Crippen molar-refractivity contribution in [3.63, 3.8) is 0 Å². The second-order valence-electron chi connectivity index (χ2n) is 7.43. The Kier molecular flexibility index (Phi) is 5.69. The molecule has 134 valence electrons. The molecule has 1 saturated heterocycles. The van der Waals surface area contributed by atoms with Gasteiger partial charge in [0.1, 0.15) is 12.1 Å². The minimum absolute atomic E-state index is 0.0156. The van der Waals surface area contributed by atoms with E-state index in [1.54, 1.807) is 6.33 Å². The Morgan fingerprint density at radius 2 is 1.96 bits per heavy atom. The number of hydrogen-bond acceptors (Lipinski definition) is 4. The molecule has 1 aliphatic rings. The summed E-state index contributed by atoms with van der Waals surface area (Å²) in [5.41, 5.74) is 3.55. The lowest BCUT2D eigenvalue weighted by Crippen LogP contribution is -2.46. The minimum Gasteiger partial charge on any atom is -0.396 e. The zero-order chi connectivity index (χ0) is 17.7. The van der Waals surface area contributed by atoms with Crippen LogP contribution in [0.25, 0.3) is 0 Å². The van der Waals surface area contributed by atoms with Crippen molar-refractivity contribution in [3.05, 3.63) is 53.5 Å². The topological polar surface area (TPSA) is 49.2 Å². The second-order valence-corrected chi connectivity index (χ2v) is 7.43. The van der Waals surface area contributed by atoms with E-state index in [0.717, 1.165) is 62.3 Å². The third-order valence-corrected chi connectivity index (χ3v) is 5.62. The van der Waals surface area contributed by atoms with Gasteiger partial charge in [-0.3, -0.25) is 0 Å². The van der Waals surface area contributed by atoms with E-state index in [1.165, 1.54) is 5.56 Å². The number of aryl methyl sites for hydroxylation is 2. The highest BCUT2D eigenvalue weighted by Crippen LogP contribution is 2.37. The van der Waals surface area contributed by atoms with Crippen molar-refractivity contribution in [1.82, 2.24) is 9.97 Å². The van der Waals surface area contributed by atoms with Crippen molar-refractivity contribution in [2.24, 2.45) is 5.41 Å². The summed E-state index contributed by atoms with van der Waals surface area (Å²) in [5.74, 6) is 1.04. The fourth-order valence-electron chi connectivity index (χ4n) is 3.96. The van der Waals surface area contributed by atoms with Gasteiger partial charge in [0.25, 0.3) is 0 Å². The lowest BCUT2D eigenvalue weighted by Gasteiger charge is -2.43. The summed E-state index contributed by atoms with van der Waals surface area (Å²) in [6.07, 6.45) is 7.10. The average molecular weight is 339 g/mol. The summed E-state index contributed by atoms with van der Waals surface area (Å²) in [7, 11) is 0. The fourth-order valence-corrected chi connectivity index (χ4v) is 3.96. The molecule has 4 nitrogen and oxygen atoms in total. The van der Waals surface area contributed by atoms with Gasteiger partial charge >= 0.3 is 0 Å². The van der Waals surface area contributed by atoms with Gasteiger partial charge in [-0.1, -0.05) is 30.3 Å².